The Hall–Kier alpha value is -1.26. The second-order valence-corrected chi connectivity index (χ2v) is 6.57. The number of fused-ring (bicyclic) bond motifs is 1. The number of para-hydroxylation sites is 1. The van der Waals surface area contributed by atoms with Crippen LogP contribution < -0.4 is 5.69 Å². The summed E-state index contributed by atoms with van der Waals surface area (Å²) >= 11 is 6.30. The Kier molecular flexibility index (Phi) is 4.09. The largest absolute Gasteiger partial charge is 0.326 e. The van der Waals surface area contributed by atoms with Crippen LogP contribution in [0.25, 0.3) is 11.0 Å². The van der Waals surface area contributed by atoms with Gasteiger partial charge < -0.3 is 4.98 Å². The predicted molar refractivity (Wildman–Crippen MR) is 87.0 cm³/mol. The molecule has 1 atom stereocenters. The first-order chi connectivity index (χ1) is 10.1. The highest BCUT2D eigenvalue weighted by atomic mass is 35.5. The number of hydrogen-bond acceptors (Lipinski definition) is 2. The molecule has 0 saturated carbocycles. The maximum Gasteiger partial charge on any atom is 0.326 e. The van der Waals surface area contributed by atoms with Crippen molar-refractivity contribution < 1.29 is 0 Å². The summed E-state index contributed by atoms with van der Waals surface area (Å²) in [6.45, 7) is 6.28. The van der Waals surface area contributed by atoms with E-state index in [4.69, 9.17) is 11.6 Å². The fourth-order valence-electron chi connectivity index (χ4n) is 3.46. The Labute approximate surface area is 129 Å². The van der Waals surface area contributed by atoms with Gasteiger partial charge in [-0.1, -0.05) is 24.1 Å². The van der Waals surface area contributed by atoms with E-state index in [2.05, 4.69) is 23.7 Å². The lowest BCUT2D eigenvalue weighted by Crippen LogP contribution is -2.46. The van der Waals surface area contributed by atoms with E-state index in [1.54, 1.807) is 0 Å². The van der Waals surface area contributed by atoms with Gasteiger partial charge in [-0.25, -0.2) is 4.79 Å². The Morgan fingerprint density at radius 2 is 2.19 bits per heavy atom. The minimum Gasteiger partial charge on any atom is -0.305 e. The van der Waals surface area contributed by atoms with E-state index in [1.807, 2.05) is 22.8 Å². The Morgan fingerprint density at radius 1 is 1.38 bits per heavy atom. The van der Waals surface area contributed by atoms with Crippen LogP contribution in [0, 0.1) is 0 Å². The highest BCUT2D eigenvalue weighted by molar-refractivity contribution is 6.34. The minimum atomic E-state index is -0.0626. The number of likely N-dealkylation sites (tertiary alicyclic amines) is 1. The molecule has 1 N–H and O–H groups in total. The zero-order valence-electron chi connectivity index (χ0n) is 12.6. The number of nitrogens with one attached hydrogen (secondary N) is 1. The van der Waals surface area contributed by atoms with Crippen molar-refractivity contribution in [3.8, 4) is 0 Å². The van der Waals surface area contributed by atoms with Gasteiger partial charge in [0, 0.05) is 18.6 Å². The highest BCUT2D eigenvalue weighted by Crippen LogP contribution is 2.24. The van der Waals surface area contributed by atoms with E-state index < -0.39 is 0 Å². The van der Waals surface area contributed by atoms with Gasteiger partial charge in [0.05, 0.1) is 16.1 Å². The van der Waals surface area contributed by atoms with Gasteiger partial charge in [-0.3, -0.25) is 9.47 Å². The molecular formula is C16H22ClN3O. The van der Waals surface area contributed by atoms with E-state index in [0.717, 1.165) is 24.0 Å². The van der Waals surface area contributed by atoms with Crippen LogP contribution in [0.3, 0.4) is 0 Å². The number of aromatic amines is 1. The molecule has 0 amide bonds. The lowest BCUT2D eigenvalue weighted by Gasteiger charge is -2.38. The molecule has 2 aromatic rings. The van der Waals surface area contributed by atoms with Crippen molar-refractivity contribution in [3.63, 3.8) is 0 Å². The number of benzene rings is 1. The topological polar surface area (TPSA) is 41.0 Å². The zero-order chi connectivity index (χ0) is 15.0. The van der Waals surface area contributed by atoms with Crippen LogP contribution in [-0.4, -0.2) is 33.1 Å². The predicted octanol–water partition coefficient (Wildman–Crippen LogP) is 3.25. The fourth-order valence-corrected chi connectivity index (χ4v) is 3.74. The van der Waals surface area contributed by atoms with Crippen LogP contribution in [0.5, 0.6) is 0 Å². The monoisotopic (exact) mass is 307 g/mol. The van der Waals surface area contributed by atoms with E-state index in [1.165, 1.54) is 12.8 Å². The van der Waals surface area contributed by atoms with Crippen LogP contribution in [-0.2, 0) is 6.54 Å². The molecule has 21 heavy (non-hydrogen) atoms. The third-order valence-corrected chi connectivity index (χ3v) is 4.78. The maximum absolute atomic E-state index is 12.3. The normalized spacial score (nSPS) is 20.5. The molecule has 1 unspecified atom stereocenters. The molecular weight excluding hydrogens is 286 g/mol. The molecule has 2 heterocycles. The zero-order valence-corrected chi connectivity index (χ0v) is 13.4. The van der Waals surface area contributed by atoms with Crippen LogP contribution in [0.4, 0.5) is 0 Å². The van der Waals surface area contributed by atoms with E-state index in [-0.39, 0.29) is 5.69 Å². The van der Waals surface area contributed by atoms with Crippen molar-refractivity contribution in [2.24, 2.45) is 0 Å². The first kappa shape index (κ1) is 14.7. The van der Waals surface area contributed by atoms with Gasteiger partial charge in [-0.05, 0) is 45.4 Å². The van der Waals surface area contributed by atoms with Crippen molar-refractivity contribution in [3.05, 3.63) is 33.7 Å². The molecule has 1 fully saturated rings. The molecule has 3 rings (SSSR count). The smallest absolute Gasteiger partial charge is 0.305 e. The van der Waals surface area contributed by atoms with E-state index in [9.17, 15) is 4.79 Å². The average molecular weight is 308 g/mol. The number of H-pyrrole nitrogens is 1. The SMILES string of the molecule is CC(C)N1CCCCC1Cn1c(=O)[nH]c2cccc(Cl)c21. The lowest BCUT2D eigenvalue weighted by atomic mass is 10.0. The number of aromatic nitrogens is 2. The third kappa shape index (κ3) is 2.74. The maximum atomic E-state index is 12.3. The average Bonchev–Trinajstić information content (AvgIpc) is 2.77. The first-order valence-corrected chi connectivity index (χ1v) is 8.08. The molecule has 1 aliphatic heterocycles. The Morgan fingerprint density at radius 3 is 2.95 bits per heavy atom. The van der Waals surface area contributed by atoms with Crippen LogP contribution in [0.2, 0.25) is 5.02 Å². The second kappa shape index (κ2) is 5.85. The van der Waals surface area contributed by atoms with Gasteiger partial charge in [0.2, 0.25) is 0 Å². The van der Waals surface area contributed by atoms with Crippen molar-refractivity contribution >= 4 is 22.6 Å². The Balaban J connectivity index is 1.97. The summed E-state index contributed by atoms with van der Waals surface area (Å²) in [5.74, 6) is 0. The second-order valence-electron chi connectivity index (χ2n) is 6.16. The quantitative estimate of drug-likeness (QED) is 0.945. The van der Waals surface area contributed by atoms with Crippen LogP contribution in [0.15, 0.2) is 23.0 Å². The number of rotatable bonds is 3. The minimum absolute atomic E-state index is 0.0626. The van der Waals surface area contributed by atoms with Gasteiger partial charge in [0.25, 0.3) is 0 Å². The molecule has 4 nitrogen and oxygen atoms in total. The van der Waals surface area contributed by atoms with Crippen LogP contribution >= 0.6 is 11.6 Å². The number of piperidine rings is 1. The summed E-state index contributed by atoms with van der Waals surface area (Å²) in [5.41, 5.74) is 1.59. The van der Waals surface area contributed by atoms with Crippen molar-refractivity contribution in [1.82, 2.24) is 14.5 Å². The summed E-state index contributed by atoms with van der Waals surface area (Å²) in [6.07, 6.45) is 3.62. The fraction of sp³-hybridized carbons (Fsp3) is 0.562. The molecule has 114 valence electrons. The molecule has 0 bridgehead atoms. The van der Waals surface area contributed by atoms with E-state index >= 15 is 0 Å². The van der Waals surface area contributed by atoms with E-state index in [0.29, 0.717) is 23.7 Å². The van der Waals surface area contributed by atoms with Gasteiger partial charge >= 0.3 is 5.69 Å². The molecule has 1 saturated heterocycles. The molecule has 0 spiro atoms. The van der Waals surface area contributed by atoms with Gasteiger partial charge in [0.15, 0.2) is 0 Å². The van der Waals surface area contributed by atoms with Crippen molar-refractivity contribution in [2.75, 3.05) is 6.54 Å². The third-order valence-electron chi connectivity index (χ3n) is 4.47. The molecule has 1 aromatic carbocycles. The summed E-state index contributed by atoms with van der Waals surface area (Å²) < 4.78 is 1.81. The molecule has 1 aliphatic rings. The number of hydrogen-bond donors (Lipinski definition) is 1. The molecule has 0 radical (unpaired) electrons. The standard InChI is InChI=1S/C16H22ClN3O/c1-11(2)19-9-4-3-6-12(19)10-20-15-13(17)7-5-8-14(15)18-16(20)21/h5,7-8,11-12H,3-4,6,9-10H2,1-2H3,(H,18,21). The van der Waals surface area contributed by atoms with Crippen LogP contribution in [0.1, 0.15) is 33.1 Å². The van der Waals surface area contributed by atoms with Crippen molar-refractivity contribution in [2.45, 2.75) is 51.7 Å². The van der Waals surface area contributed by atoms with Crippen molar-refractivity contribution in [1.29, 1.82) is 0 Å². The lowest BCUT2D eigenvalue weighted by molar-refractivity contribution is 0.0993. The summed E-state index contributed by atoms with van der Waals surface area (Å²) in [7, 11) is 0. The summed E-state index contributed by atoms with van der Waals surface area (Å²) in [5, 5.41) is 0.637. The number of imidazole rings is 1. The number of nitrogens with zero attached hydrogens (tertiary/aromatic N) is 2. The van der Waals surface area contributed by atoms with Gasteiger partial charge in [-0.2, -0.15) is 0 Å². The number of halogens is 1. The molecule has 0 aliphatic carbocycles. The highest BCUT2D eigenvalue weighted by Gasteiger charge is 2.26. The van der Waals surface area contributed by atoms with Gasteiger partial charge in [0.1, 0.15) is 0 Å². The van der Waals surface area contributed by atoms with Gasteiger partial charge in [-0.15, -0.1) is 0 Å². The summed E-state index contributed by atoms with van der Waals surface area (Å²) in [6, 6.07) is 6.53. The Bertz CT molecular complexity index is 688. The summed E-state index contributed by atoms with van der Waals surface area (Å²) in [4.78, 5) is 17.7. The molecule has 5 heteroatoms. The first-order valence-electron chi connectivity index (χ1n) is 7.70. The molecule has 1 aromatic heterocycles.